The third-order valence-electron chi connectivity index (χ3n) is 6.93. The van der Waals surface area contributed by atoms with Crippen LogP contribution in [0.2, 0.25) is 0 Å². The maximum absolute atomic E-state index is 13.8. The van der Waals surface area contributed by atoms with Crippen molar-refractivity contribution in [2.75, 3.05) is 24.2 Å². The molecule has 5 rings (SSSR count). The summed E-state index contributed by atoms with van der Waals surface area (Å²) in [6.45, 7) is 6.06. The van der Waals surface area contributed by atoms with Gasteiger partial charge in [-0.2, -0.15) is 0 Å². The lowest BCUT2D eigenvalue weighted by Gasteiger charge is -2.33. The molecular formula is C29H32N3O3P. The van der Waals surface area contributed by atoms with Crippen molar-refractivity contribution in [1.82, 2.24) is 9.97 Å². The van der Waals surface area contributed by atoms with E-state index >= 15 is 0 Å². The summed E-state index contributed by atoms with van der Waals surface area (Å²) in [7, 11) is -3.38. The van der Waals surface area contributed by atoms with Crippen molar-refractivity contribution in [3.63, 3.8) is 0 Å². The SMILES string of the molecule is Cc1cc2ncnc(N3CCC(CCP(=O)(Oc4ccccc4)Oc4ccccc4)CC3)c2cc1C. The highest BCUT2D eigenvalue weighted by Crippen LogP contribution is 2.50. The van der Waals surface area contributed by atoms with Crippen molar-refractivity contribution in [3.05, 3.63) is 90.3 Å². The number of para-hydroxylation sites is 2. The highest BCUT2D eigenvalue weighted by atomic mass is 31.2. The van der Waals surface area contributed by atoms with E-state index in [9.17, 15) is 4.57 Å². The van der Waals surface area contributed by atoms with E-state index in [0.29, 0.717) is 23.6 Å². The van der Waals surface area contributed by atoms with Gasteiger partial charge in [-0.15, -0.1) is 0 Å². The van der Waals surface area contributed by atoms with E-state index in [0.717, 1.165) is 49.1 Å². The van der Waals surface area contributed by atoms with E-state index in [2.05, 4.69) is 40.8 Å². The Morgan fingerprint density at radius 3 is 2.06 bits per heavy atom. The quantitative estimate of drug-likeness (QED) is 0.238. The van der Waals surface area contributed by atoms with Crippen molar-refractivity contribution in [2.45, 2.75) is 33.1 Å². The molecule has 3 aromatic carbocycles. The summed E-state index contributed by atoms with van der Waals surface area (Å²) in [4.78, 5) is 11.5. The van der Waals surface area contributed by atoms with Crippen LogP contribution in [0.1, 0.15) is 30.4 Å². The highest BCUT2D eigenvalue weighted by Gasteiger charge is 2.31. The van der Waals surface area contributed by atoms with E-state index in [1.807, 2.05) is 60.7 Å². The third-order valence-corrected chi connectivity index (χ3v) is 8.71. The van der Waals surface area contributed by atoms with Crippen molar-refractivity contribution < 1.29 is 13.6 Å². The largest absolute Gasteiger partial charge is 0.430 e. The second-order valence-electron chi connectivity index (χ2n) is 9.51. The van der Waals surface area contributed by atoms with Crippen LogP contribution in [0.3, 0.4) is 0 Å². The summed E-state index contributed by atoms with van der Waals surface area (Å²) in [5.74, 6) is 2.58. The topological polar surface area (TPSA) is 64.6 Å². The summed E-state index contributed by atoms with van der Waals surface area (Å²) in [6, 6.07) is 22.9. The lowest BCUT2D eigenvalue weighted by molar-refractivity contribution is 0.359. The summed E-state index contributed by atoms with van der Waals surface area (Å²) < 4.78 is 25.7. The maximum atomic E-state index is 13.8. The van der Waals surface area contributed by atoms with Gasteiger partial charge in [0.1, 0.15) is 23.6 Å². The maximum Gasteiger partial charge on any atom is 0.430 e. The van der Waals surface area contributed by atoms with Gasteiger partial charge in [0.2, 0.25) is 0 Å². The Balaban J connectivity index is 1.25. The molecule has 0 atom stereocenters. The molecule has 1 fully saturated rings. The van der Waals surface area contributed by atoms with Crippen LogP contribution in [-0.2, 0) is 4.57 Å². The fourth-order valence-electron chi connectivity index (χ4n) is 4.72. The monoisotopic (exact) mass is 501 g/mol. The Kier molecular flexibility index (Phi) is 7.24. The first kappa shape index (κ1) is 24.3. The van der Waals surface area contributed by atoms with Crippen molar-refractivity contribution in [2.24, 2.45) is 5.92 Å². The van der Waals surface area contributed by atoms with Crippen LogP contribution in [0, 0.1) is 19.8 Å². The van der Waals surface area contributed by atoms with E-state index in [-0.39, 0.29) is 0 Å². The number of benzene rings is 3. The number of piperidine rings is 1. The summed E-state index contributed by atoms with van der Waals surface area (Å²) in [5.41, 5.74) is 3.48. The Bertz CT molecular complexity index is 1310. The number of rotatable bonds is 8. The first-order valence-corrected chi connectivity index (χ1v) is 14.3. The third kappa shape index (κ3) is 5.71. The molecule has 0 unspecified atom stereocenters. The van der Waals surface area contributed by atoms with E-state index in [1.54, 1.807) is 6.33 Å². The number of anilines is 1. The lowest BCUT2D eigenvalue weighted by atomic mass is 9.94. The van der Waals surface area contributed by atoms with Gasteiger partial charge in [0, 0.05) is 18.5 Å². The second-order valence-corrected chi connectivity index (χ2v) is 11.5. The molecule has 4 aromatic rings. The minimum atomic E-state index is -3.38. The molecule has 36 heavy (non-hydrogen) atoms. The fraction of sp³-hybridized carbons (Fsp3) is 0.310. The summed E-state index contributed by atoms with van der Waals surface area (Å²) >= 11 is 0. The molecular weight excluding hydrogens is 469 g/mol. The van der Waals surface area contributed by atoms with E-state index < -0.39 is 7.60 Å². The van der Waals surface area contributed by atoms with Crippen LogP contribution in [0.25, 0.3) is 10.9 Å². The van der Waals surface area contributed by atoms with Crippen molar-refractivity contribution >= 4 is 24.3 Å². The summed E-state index contributed by atoms with van der Waals surface area (Å²) in [6.07, 6.45) is 4.83. The molecule has 0 aliphatic carbocycles. The molecule has 1 aliphatic heterocycles. The molecule has 0 radical (unpaired) electrons. The van der Waals surface area contributed by atoms with Gasteiger partial charge in [-0.05, 0) is 86.6 Å². The molecule has 1 aliphatic rings. The summed E-state index contributed by atoms with van der Waals surface area (Å²) in [5, 5.41) is 1.11. The Morgan fingerprint density at radius 2 is 1.44 bits per heavy atom. The van der Waals surface area contributed by atoms with Crippen LogP contribution in [0.4, 0.5) is 5.82 Å². The smallest absolute Gasteiger partial charge is 0.416 e. The average Bonchev–Trinajstić information content (AvgIpc) is 2.89. The van der Waals surface area contributed by atoms with Gasteiger partial charge in [0.25, 0.3) is 0 Å². The second kappa shape index (κ2) is 10.7. The van der Waals surface area contributed by atoms with Gasteiger partial charge >= 0.3 is 7.60 Å². The van der Waals surface area contributed by atoms with E-state index in [4.69, 9.17) is 9.05 Å². The molecule has 0 N–H and O–H groups in total. The van der Waals surface area contributed by atoms with Gasteiger partial charge < -0.3 is 13.9 Å². The van der Waals surface area contributed by atoms with Gasteiger partial charge in [0.05, 0.1) is 11.7 Å². The first-order valence-electron chi connectivity index (χ1n) is 12.5. The number of hydrogen-bond donors (Lipinski definition) is 0. The predicted molar refractivity (Wildman–Crippen MR) is 145 cm³/mol. The molecule has 0 amide bonds. The van der Waals surface area contributed by atoms with Crippen molar-refractivity contribution in [1.29, 1.82) is 0 Å². The van der Waals surface area contributed by atoms with Crippen LogP contribution in [0.5, 0.6) is 11.5 Å². The van der Waals surface area contributed by atoms with Crippen molar-refractivity contribution in [3.8, 4) is 11.5 Å². The molecule has 6 nitrogen and oxygen atoms in total. The Labute approximate surface area is 212 Å². The Morgan fingerprint density at radius 1 is 0.861 bits per heavy atom. The van der Waals surface area contributed by atoms with E-state index in [1.165, 1.54) is 11.1 Å². The minimum absolute atomic E-state index is 0.371. The average molecular weight is 502 g/mol. The normalized spacial score (nSPS) is 14.7. The fourth-order valence-corrected chi connectivity index (χ4v) is 6.51. The Hall–Kier alpha value is -3.37. The molecule has 0 bridgehead atoms. The lowest BCUT2D eigenvalue weighted by Crippen LogP contribution is -2.34. The highest BCUT2D eigenvalue weighted by molar-refractivity contribution is 7.54. The van der Waals surface area contributed by atoms with Crippen LogP contribution >= 0.6 is 7.60 Å². The zero-order valence-electron chi connectivity index (χ0n) is 20.8. The number of aromatic nitrogens is 2. The molecule has 7 heteroatoms. The number of aryl methyl sites for hydroxylation is 2. The molecule has 186 valence electrons. The van der Waals surface area contributed by atoms with Crippen LogP contribution in [0.15, 0.2) is 79.1 Å². The molecule has 1 saturated heterocycles. The molecule has 0 saturated carbocycles. The number of fused-ring (bicyclic) bond motifs is 1. The molecule has 1 aromatic heterocycles. The first-order chi connectivity index (χ1) is 17.5. The zero-order valence-corrected chi connectivity index (χ0v) is 21.7. The molecule has 0 spiro atoms. The zero-order chi connectivity index (χ0) is 25.0. The van der Waals surface area contributed by atoms with Crippen LogP contribution < -0.4 is 13.9 Å². The minimum Gasteiger partial charge on any atom is -0.416 e. The number of nitrogens with zero attached hydrogens (tertiary/aromatic N) is 3. The van der Waals surface area contributed by atoms with Gasteiger partial charge in [-0.25, -0.2) is 14.5 Å². The molecule has 2 heterocycles. The van der Waals surface area contributed by atoms with Gasteiger partial charge in [-0.3, -0.25) is 0 Å². The standard InChI is InChI=1S/C29H32N3O3P/c1-22-19-27-28(20-23(22)2)30-21-31-29(27)32-16-13-24(14-17-32)15-18-36(33,34-25-9-5-3-6-10-25)35-26-11-7-4-8-12-26/h3-12,19-21,24H,13-18H2,1-2H3. The predicted octanol–water partition coefficient (Wildman–Crippen LogP) is 7.20. The van der Waals surface area contributed by atoms with Gasteiger partial charge in [-0.1, -0.05) is 36.4 Å². The van der Waals surface area contributed by atoms with Crippen LogP contribution in [-0.4, -0.2) is 29.2 Å². The van der Waals surface area contributed by atoms with Gasteiger partial charge in [0.15, 0.2) is 0 Å². The number of hydrogen-bond acceptors (Lipinski definition) is 6.